The predicted molar refractivity (Wildman–Crippen MR) is 109 cm³/mol. The number of amides is 1. The second kappa shape index (κ2) is 7.57. The van der Waals surface area contributed by atoms with E-state index >= 15 is 0 Å². The molecule has 0 radical (unpaired) electrons. The first-order valence-electron chi connectivity index (χ1n) is 9.03. The van der Waals surface area contributed by atoms with Crippen LogP contribution in [0.15, 0.2) is 42.5 Å². The Bertz CT molecular complexity index is 1040. The Morgan fingerprint density at radius 2 is 1.93 bits per heavy atom. The molecule has 1 aromatic heterocycles. The Hall–Kier alpha value is -2.37. The molecule has 1 amide bonds. The van der Waals surface area contributed by atoms with Crippen LogP contribution in [-0.2, 0) is 6.42 Å². The van der Waals surface area contributed by atoms with Crippen molar-refractivity contribution in [2.45, 2.75) is 19.3 Å². The molecular formula is C21H18Cl2FN3O. The molecule has 0 bridgehead atoms. The molecule has 1 saturated carbocycles. The topological polar surface area (TPSA) is 46.9 Å². The van der Waals surface area contributed by atoms with Gasteiger partial charge in [-0.15, -0.1) is 0 Å². The normalized spacial score (nSPS) is 13.6. The van der Waals surface area contributed by atoms with Crippen LogP contribution < -0.4 is 5.32 Å². The van der Waals surface area contributed by atoms with Crippen LogP contribution >= 0.6 is 23.2 Å². The Labute approximate surface area is 172 Å². The third-order valence-electron chi connectivity index (χ3n) is 4.85. The summed E-state index contributed by atoms with van der Waals surface area (Å²) < 4.78 is 16.8. The van der Waals surface area contributed by atoms with E-state index < -0.39 is 5.82 Å². The third-order valence-corrected chi connectivity index (χ3v) is 5.39. The molecule has 0 atom stereocenters. The molecule has 1 N–H and O–H groups in total. The lowest BCUT2D eigenvalue weighted by Crippen LogP contribution is -2.19. The minimum atomic E-state index is -0.581. The van der Waals surface area contributed by atoms with Gasteiger partial charge in [-0.3, -0.25) is 9.36 Å². The standard InChI is InChI=1S/C21H18Cl2FN3O/c1-25-21(28)19-20(15-3-2-4-16(23)18(15)24)27(14-9-7-13(22)8-10-14)17(26-19)11-12-5-6-12/h2-4,7-10,12H,5-6,11H2,1H3,(H,25,28). The van der Waals surface area contributed by atoms with Crippen molar-refractivity contribution >= 4 is 29.1 Å². The summed E-state index contributed by atoms with van der Waals surface area (Å²) in [4.78, 5) is 17.2. The minimum Gasteiger partial charge on any atom is -0.354 e. The van der Waals surface area contributed by atoms with Crippen LogP contribution in [0, 0.1) is 11.7 Å². The molecule has 4 nitrogen and oxygen atoms in total. The molecule has 144 valence electrons. The van der Waals surface area contributed by atoms with E-state index in [1.54, 1.807) is 24.3 Å². The molecule has 1 heterocycles. The van der Waals surface area contributed by atoms with Gasteiger partial charge in [-0.05, 0) is 55.2 Å². The van der Waals surface area contributed by atoms with Gasteiger partial charge in [0, 0.05) is 29.7 Å². The van der Waals surface area contributed by atoms with Gasteiger partial charge in [-0.2, -0.15) is 0 Å². The number of benzene rings is 2. The van der Waals surface area contributed by atoms with Gasteiger partial charge in [-0.1, -0.05) is 29.3 Å². The van der Waals surface area contributed by atoms with Crippen LogP contribution in [0.25, 0.3) is 16.9 Å². The molecule has 7 heteroatoms. The first-order chi connectivity index (χ1) is 13.5. The van der Waals surface area contributed by atoms with Gasteiger partial charge in [0.15, 0.2) is 11.5 Å². The lowest BCUT2D eigenvalue weighted by Gasteiger charge is -2.14. The Balaban J connectivity index is 2.02. The summed E-state index contributed by atoms with van der Waals surface area (Å²) in [5, 5.41) is 3.19. The molecule has 1 fully saturated rings. The van der Waals surface area contributed by atoms with Crippen LogP contribution in [-0.4, -0.2) is 22.5 Å². The van der Waals surface area contributed by atoms with E-state index in [-0.39, 0.29) is 22.2 Å². The number of carbonyl (C=O) groups excluding carboxylic acids is 1. The number of nitrogens with one attached hydrogen (secondary N) is 1. The number of rotatable bonds is 5. The first kappa shape index (κ1) is 19.0. The van der Waals surface area contributed by atoms with Gasteiger partial charge in [0.25, 0.3) is 5.91 Å². The molecule has 1 aliphatic rings. The molecule has 0 spiro atoms. The molecule has 2 aromatic carbocycles. The van der Waals surface area contributed by atoms with Gasteiger partial charge in [0.05, 0.1) is 10.7 Å². The number of hydrogen-bond acceptors (Lipinski definition) is 2. The fourth-order valence-electron chi connectivity index (χ4n) is 3.26. The van der Waals surface area contributed by atoms with Crippen molar-refractivity contribution < 1.29 is 9.18 Å². The van der Waals surface area contributed by atoms with E-state index in [4.69, 9.17) is 23.2 Å². The predicted octanol–water partition coefficient (Wildman–Crippen LogP) is 5.30. The van der Waals surface area contributed by atoms with Crippen molar-refractivity contribution in [3.8, 4) is 16.9 Å². The van der Waals surface area contributed by atoms with Gasteiger partial charge in [-0.25, -0.2) is 9.37 Å². The molecule has 3 aromatic rings. The Morgan fingerprint density at radius 3 is 2.57 bits per heavy atom. The van der Waals surface area contributed by atoms with Gasteiger partial charge < -0.3 is 5.32 Å². The minimum absolute atomic E-state index is 0.00652. The molecule has 4 rings (SSSR count). The van der Waals surface area contributed by atoms with Gasteiger partial charge >= 0.3 is 0 Å². The zero-order chi connectivity index (χ0) is 19.8. The van der Waals surface area contributed by atoms with Crippen LogP contribution in [0.4, 0.5) is 4.39 Å². The van der Waals surface area contributed by atoms with Crippen molar-refractivity contribution in [1.82, 2.24) is 14.9 Å². The van der Waals surface area contributed by atoms with Crippen LogP contribution in [0.5, 0.6) is 0 Å². The van der Waals surface area contributed by atoms with E-state index in [2.05, 4.69) is 10.3 Å². The van der Waals surface area contributed by atoms with Crippen LogP contribution in [0.3, 0.4) is 0 Å². The largest absolute Gasteiger partial charge is 0.354 e. The summed E-state index contributed by atoms with van der Waals surface area (Å²) in [6.45, 7) is 0. The van der Waals surface area contributed by atoms with E-state index in [0.717, 1.165) is 30.8 Å². The fraction of sp³-hybridized carbons (Fsp3) is 0.238. The Morgan fingerprint density at radius 1 is 1.21 bits per heavy atom. The lowest BCUT2D eigenvalue weighted by atomic mass is 10.1. The average molecular weight is 418 g/mol. The highest BCUT2D eigenvalue weighted by Gasteiger charge is 2.30. The third kappa shape index (κ3) is 3.52. The second-order valence-corrected chi connectivity index (χ2v) is 7.71. The number of hydrogen-bond donors (Lipinski definition) is 1. The summed E-state index contributed by atoms with van der Waals surface area (Å²) in [7, 11) is 1.53. The average Bonchev–Trinajstić information content (AvgIpc) is 3.43. The summed E-state index contributed by atoms with van der Waals surface area (Å²) in [6, 6.07) is 11.9. The highest BCUT2D eigenvalue weighted by Crippen LogP contribution is 2.37. The quantitative estimate of drug-likeness (QED) is 0.612. The van der Waals surface area contributed by atoms with Crippen molar-refractivity contribution in [2.75, 3.05) is 7.05 Å². The zero-order valence-corrected chi connectivity index (χ0v) is 16.7. The summed E-state index contributed by atoms with van der Waals surface area (Å²) in [5.74, 6) is 0.294. The molecule has 0 saturated heterocycles. The maximum Gasteiger partial charge on any atom is 0.271 e. The van der Waals surface area contributed by atoms with E-state index in [1.165, 1.54) is 13.1 Å². The van der Waals surface area contributed by atoms with Gasteiger partial charge in [0.1, 0.15) is 5.82 Å². The first-order valence-corrected chi connectivity index (χ1v) is 9.79. The maximum atomic E-state index is 15.0. The van der Waals surface area contributed by atoms with Gasteiger partial charge in [0.2, 0.25) is 0 Å². The zero-order valence-electron chi connectivity index (χ0n) is 15.2. The van der Waals surface area contributed by atoms with Crippen LogP contribution in [0.2, 0.25) is 10.0 Å². The highest BCUT2D eigenvalue weighted by atomic mass is 35.5. The number of carbonyl (C=O) groups is 1. The molecule has 0 aliphatic heterocycles. The Kier molecular flexibility index (Phi) is 5.13. The molecule has 1 aliphatic carbocycles. The second-order valence-electron chi connectivity index (χ2n) is 6.87. The lowest BCUT2D eigenvalue weighted by molar-refractivity contribution is 0.0959. The molecule has 28 heavy (non-hydrogen) atoms. The molecule has 0 unspecified atom stereocenters. The summed E-state index contributed by atoms with van der Waals surface area (Å²) >= 11 is 12.1. The van der Waals surface area contributed by atoms with Crippen molar-refractivity contribution in [3.63, 3.8) is 0 Å². The van der Waals surface area contributed by atoms with Crippen molar-refractivity contribution in [3.05, 3.63) is 69.8 Å². The van der Waals surface area contributed by atoms with E-state index in [9.17, 15) is 9.18 Å². The van der Waals surface area contributed by atoms with Crippen molar-refractivity contribution in [2.24, 2.45) is 5.92 Å². The monoisotopic (exact) mass is 417 g/mol. The number of nitrogens with zero attached hydrogens (tertiary/aromatic N) is 2. The highest BCUT2D eigenvalue weighted by molar-refractivity contribution is 6.31. The fourth-order valence-corrected chi connectivity index (χ4v) is 3.56. The summed E-state index contributed by atoms with van der Waals surface area (Å²) in [5.41, 5.74) is 1.55. The number of aromatic nitrogens is 2. The SMILES string of the molecule is CNC(=O)c1nc(CC2CC2)n(-c2ccc(Cl)cc2)c1-c1cccc(Cl)c1F. The number of halogens is 3. The van der Waals surface area contributed by atoms with Crippen LogP contribution in [0.1, 0.15) is 29.2 Å². The van der Waals surface area contributed by atoms with E-state index in [1.807, 2.05) is 16.7 Å². The number of imidazole rings is 1. The maximum absolute atomic E-state index is 15.0. The van der Waals surface area contributed by atoms with Crippen molar-refractivity contribution in [1.29, 1.82) is 0 Å². The van der Waals surface area contributed by atoms with E-state index in [0.29, 0.717) is 16.6 Å². The molecular weight excluding hydrogens is 400 g/mol. The summed E-state index contributed by atoms with van der Waals surface area (Å²) in [6.07, 6.45) is 2.97. The smallest absolute Gasteiger partial charge is 0.271 e.